The number of nitrogens with zero attached hydrogens (tertiary/aromatic N) is 1. The summed E-state index contributed by atoms with van der Waals surface area (Å²) in [5.74, 6) is 0.0443. The summed E-state index contributed by atoms with van der Waals surface area (Å²) in [4.78, 5) is 4.42. The first-order valence-electron chi connectivity index (χ1n) is 6.96. The molecule has 0 bridgehead atoms. The predicted molar refractivity (Wildman–Crippen MR) is 85.2 cm³/mol. The number of sulfonamides is 1. The Balaban J connectivity index is 2.45. The van der Waals surface area contributed by atoms with Crippen molar-refractivity contribution < 1.29 is 12.8 Å². The van der Waals surface area contributed by atoms with Crippen molar-refractivity contribution >= 4 is 16.0 Å². The van der Waals surface area contributed by atoms with Crippen molar-refractivity contribution in [3.05, 3.63) is 46.9 Å². The fourth-order valence-electron chi connectivity index (χ4n) is 2.43. The summed E-state index contributed by atoms with van der Waals surface area (Å²) in [6.45, 7) is 5.96. The van der Waals surface area contributed by atoms with Crippen LogP contribution >= 0.6 is 0 Å². The average Bonchev–Trinajstić information content (AvgIpc) is 2.39. The monoisotopic (exact) mass is 325 g/mol. The molecule has 5 nitrogen and oxygen atoms in total. The van der Waals surface area contributed by atoms with E-state index in [9.17, 15) is 12.8 Å². The summed E-state index contributed by atoms with van der Waals surface area (Å²) >= 11 is 0. The highest BCUT2D eigenvalue weighted by molar-refractivity contribution is 7.89. The zero-order valence-corrected chi connectivity index (χ0v) is 13.8. The predicted octanol–water partition coefficient (Wildman–Crippen LogP) is 2.31. The molecule has 2 rings (SSSR count). The van der Waals surface area contributed by atoms with E-state index in [1.54, 1.807) is 12.1 Å². The van der Waals surface area contributed by atoms with Crippen molar-refractivity contribution in [1.82, 2.24) is 10.0 Å². The topological polar surface area (TPSA) is 70.6 Å². The Labute approximate surface area is 130 Å². The van der Waals surface area contributed by atoms with Crippen LogP contribution in [0.4, 0.5) is 4.39 Å². The molecule has 0 spiro atoms. The largest absolute Gasteiger partial charge is 0.329 e. The van der Waals surface area contributed by atoms with Gasteiger partial charge in [-0.15, -0.1) is 0 Å². The van der Waals surface area contributed by atoms with E-state index in [1.165, 1.54) is 12.1 Å². The van der Waals surface area contributed by atoms with Gasteiger partial charge in [0.25, 0.3) is 0 Å². The van der Waals surface area contributed by atoms with E-state index < -0.39 is 10.0 Å². The molecule has 0 saturated carbocycles. The molecule has 0 saturated heterocycles. The first-order chi connectivity index (χ1) is 10.2. The van der Waals surface area contributed by atoms with Gasteiger partial charge in [-0.1, -0.05) is 26.0 Å². The normalized spacial score (nSPS) is 19.0. The highest BCUT2D eigenvalue weighted by Gasteiger charge is 2.25. The molecule has 0 amide bonds. The lowest BCUT2D eigenvalue weighted by atomic mass is 9.93. The number of aliphatic imine (C=N–C) groups is 1. The summed E-state index contributed by atoms with van der Waals surface area (Å²) < 4.78 is 38.4. The van der Waals surface area contributed by atoms with Gasteiger partial charge in [-0.3, -0.25) is 4.72 Å². The SMILES string of the molecule is CC1=C(C(C)C)NC(NS(C)(=O)=O)=NC1c1ccc(F)cc1. The Hall–Kier alpha value is -1.89. The molecule has 120 valence electrons. The highest BCUT2D eigenvalue weighted by atomic mass is 32.2. The van der Waals surface area contributed by atoms with E-state index in [-0.39, 0.29) is 23.7 Å². The summed E-state index contributed by atoms with van der Waals surface area (Å²) in [5.41, 5.74) is 2.71. The molecule has 1 aromatic rings. The first-order valence-corrected chi connectivity index (χ1v) is 8.85. The van der Waals surface area contributed by atoms with Crippen molar-refractivity contribution in [3.63, 3.8) is 0 Å². The molecule has 7 heteroatoms. The molecular weight excluding hydrogens is 305 g/mol. The lowest BCUT2D eigenvalue weighted by Gasteiger charge is -2.28. The van der Waals surface area contributed by atoms with E-state index >= 15 is 0 Å². The minimum absolute atomic E-state index is 0.176. The molecule has 1 atom stereocenters. The molecular formula is C15H20FN3O2S. The van der Waals surface area contributed by atoms with E-state index in [0.717, 1.165) is 23.1 Å². The van der Waals surface area contributed by atoms with Gasteiger partial charge in [0.2, 0.25) is 16.0 Å². The van der Waals surface area contributed by atoms with Gasteiger partial charge in [0, 0.05) is 5.70 Å². The second-order valence-corrected chi connectivity index (χ2v) is 7.43. The zero-order valence-electron chi connectivity index (χ0n) is 13.0. The summed E-state index contributed by atoms with van der Waals surface area (Å²) in [6.07, 6.45) is 1.07. The lowest BCUT2D eigenvalue weighted by molar-refractivity contribution is 0.595. The van der Waals surface area contributed by atoms with Gasteiger partial charge in [0.15, 0.2) is 0 Å². The van der Waals surface area contributed by atoms with Gasteiger partial charge in [-0.05, 0) is 36.1 Å². The van der Waals surface area contributed by atoms with Gasteiger partial charge in [0.1, 0.15) is 11.9 Å². The number of halogens is 1. The summed E-state index contributed by atoms with van der Waals surface area (Å²) in [7, 11) is -3.43. The fraction of sp³-hybridized carbons (Fsp3) is 0.400. The number of hydrogen-bond donors (Lipinski definition) is 2. The second kappa shape index (κ2) is 6.08. The van der Waals surface area contributed by atoms with Crippen LogP contribution in [0.2, 0.25) is 0 Å². The first kappa shape index (κ1) is 16.5. The molecule has 0 aromatic heterocycles. The van der Waals surface area contributed by atoms with Crippen molar-refractivity contribution in [2.24, 2.45) is 10.9 Å². The van der Waals surface area contributed by atoms with Gasteiger partial charge in [0.05, 0.1) is 6.26 Å². The van der Waals surface area contributed by atoms with Crippen LogP contribution in [0.15, 0.2) is 40.5 Å². The Bertz CT molecular complexity index is 722. The minimum atomic E-state index is -3.43. The Morgan fingerprint density at radius 3 is 2.36 bits per heavy atom. The van der Waals surface area contributed by atoms with Crippen LogP contribution in [0.3, 0.4) is 0 Å². The van der Waals surface area contributed by atoms with Crippen molar-refractivity contribution in [3.8, 4) is 0 Å². The van der Waals surface area contributed by atoms with Crippen molar-refractivity contribution in [1.29, 1.82) is 0 Å². The molecule has 22 heavy (non-hydrogen) atoms. The fourth-order valence-corrected chi connectivity index (χ4v) is 2.88. The average molecular weight is 325 g/mol. The molecule has 1 aliphatic rings. The van der Waals surface area contributed by atoms with Crippen LogP contribution in [0.5, 0.6) is 0 Å². The molecule has 1 heterocycles. The number of rotatable bonds is 3. The van der Waals surface area contributed by atoms with Gasteiger partial charge >= 0.3 is 0 Å². The van der Waals surface area contributed by atoms with Crippen LogP contribution in [0.25, 0.3) is 0 Å². The number of guanidine groups is 1. The molecule has 0 aliphatic carbocycles. The molecule has 1 aliphatic heterocycles. The van der Waals surface area contributed by atoms with Crippen LogP contribution in [-0.2, 0) is 10.0 Å². The second-order valence-electron chi connectivity index (χ2n) is 5.68. The number of benzene rings is 1. The van der Waals surface area contributed by atoms with Crippen LogP contribution in [-0.4, -0.2) is 20.6 Å². The van der Waals surface area contributed by atoms with Gasteiger partial charge < -0.3 is 5.32 Å². The van der Waals surface area contributed by atoms with Crippen LogP contribution in [0, 0.1) is 11.7 Å². The minimum Gasteiger partial charge on any atom is -0.329 e. The van der Waals surface area contributed by atoms with Crippen LogP contribution in [0.1, 0.15) is 32.4 Å². The summed E-state index contributed by atoms with van der Waals surface area (Å²) in [6, 6.07) is 5.73. The zero-order chi connectivity index (χ0) is 16.5. The van der Waals surface area contributed by atoms with E-state index in [4.69, 9.17) is 0 Å². The number of allylic oxidation sites excluding steroid dienone is 1. The maximum atomic E-state index is 13.1. The highest BCUT2D eigenvalue weighted by Crippen LogP contribution is 2.32. The molecule has 1 aromatic carbocycles. The van der Waals surface area contributed by atoms with Crippen molar-refractivity contribution in [2.75, 3.05) is 6.26 Å². The quantitative estimate of drug-likeness (QED) is 0.896. The maximum absolute atomic E-state index is 13.1. The third kappa shape index (κ3) is 3.85. The van der Waals surface area contributed by atoms with E-state index in [2.05, 4.69) is 15.0 Å². The lowest BCUT2D eigenvalue weighted by Crippen LogP contribution is -2.43. The Kier molecular flexibility index (Phi) is 4.55. The smallest absolute Gasteiger partial charge is 0.232 e. The third-order valence-corrected chi connectivity index (χ3v) is 3.96. The van der Waals surface area contributed by atoms with Gasteiger partial charge in [-0.2, -0.15) is 0 Å². The Morgan fingerprint density at radius 1 is 1.27 bits per heavy atom. The summed E-state index contributed by atoms with van der Waals surface area (Å²) in [5, 5.41) is 3.04. The number of hydrogen-bond acceptors (Lipinski definition) is 4. The molecule has 2 N–H and O–H groups in total. The molecule has 0 fully saturated rings. The standard InChI is InChI=1S/C15H20FN3O2S/c1-9(2)13-10(3)14(11-5-7-12(16)8-6-11)18-15(17-13)19-22(4,20)21/h5-9,14H,1-4H3,(H2,17,18,19). The van der Waals surface area contributed by atoms with Gasteiger partial charge in [-0.25, -0.2) is 17.8 Å². The Morgan fingerprint density at radius 2 is 1.86 bits per heavy atom. The van der Waals surface area contributed by atoms with E-state index in [1.807, 2.05) is 20.8 Å². The van der Waals surface area contributed by atoms with Crippen molar-refractivity contribution in [2.45, 2.75) is 26.8 Å². The van der Waals surface area contributed by atoms with Crippen LogP contribution < -0.4 is 10.0 Å². The molecule has 0 radical (unpaired) electrons. The van der Waals surface area contributed by atoms with E-state index in [0.29, 0.717) is 0 Å². The number of nitrogens with one attached hydrogen (secondary N) is 2. The molecule has 1 unspecified atom stereocenters. The third-order valence-electron chi connectivity index (χ3n) is 3.39. The maximum Gasteiger partial charge on any atom is 0.232 e.